The van der Waals surface area contributed by atoms with E-state index >= 15 is 0 Å². The zero-order chi connectivity index (χ0) is 19.2. The number of nitrogens with zero attached hydrogens (tertiary/aromatic N) is 2. The quantitative estimate of drug-likeness (QED) is 0.512. The molecule has 2 N–H and O–H groups in total. The number of anilines is 1. The van der Waals surface area contributed by atoms with E-state index < -0.39 is 0 Å². The highest BCUT2D eigenvalue weighted by Crippen LogP contribution is 2.25. The van der Waals surface area contributed by atoms with Crippen molar-refractivity contribution >= 4 is 22.6 Å². The second-order valence-electron chi connectivity index (χ2n) is 6.33. The molecule has 4 aromatic rings. The summed E-state index contributed by atoms with van der Waals surface area (Å²) in [5.74, 6) is 1.79. The third-order valence-electron chi connectivity index (χ3n) is 4.32. The van der Waals surface area contributed by atoms with Gasteiger partial charge in [-0.3, -0.25) is 4.79 Å². The first-order valence-corrected chi connectivity index (χ1v) is 9.15. The molecule has 0 spiro atoms. The third kappa shape index (κ3) is 4.17. The summed E-state index contributed by atoms with van der Waals surface area (Å²) in [4.78, 5) is 21.3. The molecule has 0 atom stereocenters. The van der Waals surface area contributed by atoms with E-state index in [4.69, 9.17) is 4.42 Å². The molecule has 6 heteroatoms. The molecule has 0 aliphatic carbocycles. The van der Waals surface area contributed by atoms with Gasteiger partial charge in [-0.25, -0.2) is 9.97 Å². The lowest BCUT2D eigenvalue weighted by Crippen LogP contribution is -2.25. The largest absolute Gasteiger partial charge is 0.461 e. The van der Waals surface area contributed by atoms with Crippen LogP contribution in [-0.2, 0) is 11.3 Å². The van der Waals surface area contributed by atoms with Gasteiger partial charge in [-0.1, -0.05) is 42.5 Å². The van der Waals surface area contributed by atoms with Gasteiger partial charge in [0.1, 0.15) is 5.82 Å². The number of rotatable bonds is 7. The summed E-state index contributed by atoms with van der Waals surface area (Å²) in [6.07, 6.45) is 1.94. The number of hydrogen-bond acceptors (Lipinski definition) is 5. The van der Waals surface area contributed by atoms with Crippen LogP contribution in [0.25, 0.3) is 22.5 Å². The van der Waals surface area contributed by atoms with Gasteiger partial charge in [0.2, 0.25) is 5.91 Å². The third-order valence-corrected chi connectivity index (χ3v) is 4.32. The highest BCUT2D eigenvalue weighted by atomic mass is 16.3. The maximum absolute atomic E-state index is 12.1. The average Bonchev–Trinajstić information content (AvgIpc) is 3.28. The molecule has 28 heavy (non-hydrogen) atoms. The van der Waals surface area contributed by atoms with Crippen molar-refractivity contribution in [3.05, 3.63) is 78.6 Å². The maximum atomic E-state index is 12.1. The minimum absolute atomic E-state index is 0.0130. The fourth-order valence-electron chi connectivity index (χ4n) is 2.91. The van der Waals surface area contributed by atoms with Crippen molar-refractivity contribution in [1.82, 2.24) is 15.3 Å². The Morgan fingerprint density at radius 3 is 2.57 bits per heavy atom. The van der Waals surface area contributed by atoms with Crippen LogP contribution in [0.3, 0.4) is 0 Å². The van der Waals surface area contributed by atoms with Gasteiger partial charge in [0.15, 0.2) is 11.6 Å². The molecule has 2 aromatic heterocycles. The van der Waals surface area contributed by atoms with Crippen molar-refractivity contribution in [2.75, 3.05) is 11.9 Å². The Kier molecular flexibility index (Phi) is 5.29. The van der Waals surface area contributed by atoms with Crippen LogP contribution in [0, 0.1) is 0 Å². The predicted octanol–water partition coefficient (Wildman–Crippen LogP) is 4.01. The number of nitrogens with one attached hydrogen (secondary N) is 2. The average molecular weight is 372 g/mol. The highest BCUT2D eigenvalue weighted by molar-refractivity contribution is 5.90. The van der Waals surface area contributed by atoms with E-state index in [1.165, 1.54) is 0 Å². The SMILES string of the molecule is O=C(CCNc1nc(-c2ccco2)nc2ccccc12)NCc1ccccc1. The number of fused-ring (bicyclic) bond motifs is 1. The van der Waals surface area contributed by atoms with Crippen LogP contribution in [0.15, 0.2) is 77.4 Å². The molecular formula is C22H20N4O2. The standard InChI is InChI=1S/C22H20N4O2/c27-20(24-15-16-7-2-1-3-8-16)12-13-23-21-17-9-4-5-10-18(17)25-22(26-21)19-11-6-14-28-19/h1-11,14H,12-13,15H2,(H,24,27)(H,23,25,26). The van der Waals surface area contributed by atoms with Gasteiger partial charge < -0.3 is 15.1 Å². The fraction of sp³-hybridized carbons (Fsp3) is 0.136. The van der Waals surface area contributed by atoms with E-state index in [1.54, 1.807) is 12.3 Å². The minimum atomic E-state index is -0.0130. The van der Waals surface area contributed by atoms with Crippen LogP contribution in [0.2, 0.25) is 0 Å². The molecule has 140 valence electrons. The lowest BCUT2D eigenvalue weighted by molar-refractivity contribution is -0.121. The van der Waals surface area contributed by atoms with Gasteiger partial charge in [-0.05, 0) is 29.8 Å². The molecular weight excluding hydrogens is 352 g/mol. The Hall–Kier alpha value is -3.67. The van der Waals surface area contributed by atoms with Gasteiger partial charge in [0.05, 0.1) is 11.8 Å². The molecule has 0 fully saturated rings. The van der Waals surface area contributed by atoms with E-state index in [-0.39, 0.29) is 5.91 Å². The summed E-state index contributed by atoms with van der Waals surface area (Å²) in [5.41, 5.74) is 1.90. The molecule has 4 rings (SSSR count). The molecule has 6 nitrogen and oxygen atoms in total. The fourth-order valence-corrected chi connectivity index (χ4v) is 2.91. The number of carbonyl (C=O) groups excluding carboxylic acids is 1. The van der Waals surface area contributed by atoms with Gasteiger partial charge >= 0.3 is 0 Å². The predicted molar refractivity (Wildman–Crippen MR) is 109 cm³/mol. The lowest BCUT2D eigenvalue weighted by atomic mass is 10.2. The summed E-state index contributed by atoms with van der Waals surface area (Å²) in [6.45, 7) is 0.998. The van der Waals surface area contributed by atoms with Gasteiger partial charge in [-0.15, -0.1) is 0 Å². The zero-order valence-electron chi connectivity index (χ0n) is 15.3. The molecule has 0 saturated carbocycles. The molecule has 0 saturated heterocycles. The van der Waals surface area contributed by atoms with Crippen LogP contribution >= 0.6 is 0 Å². The summed E-state index contributed by atoms with van der Waals surface area (Å²) in [6, 6.07) is 21.2. The summed E-state index contributed by atoms with van der Waals surface area (Å²) >= 11 is 0. The van der Waals surface area contributed by atoms with Crippen LogP contribution in [0.4, 0.5) is 5.82 Å². The van der Waals surface area contributed by atoms with Crippen LogP contribution in [0.1, 0.15) is 12.0 Å². The Morgan fingerprint density at radius 2 is 1.75 bits per heavy atom. The number of furan rings is 1. The van der Waals surface area contributed by atoms with Crippen molar-refractivity contribution in [3.63, 3.8) is 0 Å². The number of amides is 1. The van der Waals surface area contributed by atoms with Crippen molar-refractivity contribution in [1.29, 1.82) is 0 Å². The first-order valence-electron chi connectivity index (χ1n) is 9.15. The second-order valence-corrected chi connectivity index (χ2v) is 6.33. The molecule has 2 aromatic carbocycles. The molecule has 0 unspecified atom stereocenters. The van der Waals surface area contributed by atoms with E-state index in [1.807, 2.05) is 60.7 Å². The zero-order valence-corrected chi connectivity index (χ0v) is 15.3. The van der Waals surface area contributed by atoms with E-state index in [0.29, 0.717) is 36.9 Å². The summed E-state index contributed by atoms with van der Waals surface area (Å²) in [7, 11) is 0. The van der Waals surface area contributed by atoms with Crippen LogP contribution in [0.5, 0.6) is 0 Å². The van der Waals surface area contributed by atoms with E-state index in [2.05, 4.69) is 20.6 Å². The van der Waals surface area contributed by atoms with Crippen molar-refractivity contribution in [2.24, 2.45) is 0 Å². The van der Waals surface area contributed by atoms with E-state index in [0.717, 1.165) is 16.5 Å². The van der Waals surface area contributed by atoms with Gasteiger partial charge in [0.25, 0.3) is 0 Å². The monoisotopic (exact) mass is 372 g/mol. The van der Waals surface area contributed by atoms with E-state index in [9.17, 15) is 4.79 Å². The second kappa shape index (κ2) is 8.35. The summed E-state index contributed by atoms with van der Waals surface area (Å²) in [5, 5.41) is 7.10. The Balaban J connectivity index is 1.42. The molecule has 1 amide bonds. The van der Waals surface area contributed by atoms with Gasteiger partial charge in [0, 0.05) is 24.9 Å². The first kappa shape index (κ1) is 17.7. The number of aromatic nitrogens is 2. The van der Waals surface area contributed by atoms with Gasteiger partial charge in [-0.2, -0.15) is 0 Å². The Bertz CT molecular complexity index is 1060. The number of carbonyl (C=O) groups is 1. The normalized spacial score (nSPS) is 10.7. The topological polar surface area (TPSA) is 80.1 Å². The number of benzene rings is 2. The number of para-hydroxylation sites is 1. The molecule has 0 bridgehead atoms. The van der Waals surface area contributed by atoms with Crippen molar-refractivity contribution in [2.45, 2.75) is 13.0 Å². The Morgan fingerprint density at radius 1 is 0.929 bits per heavy atom. The van der Waals surface area contributed by atoms with Crippen molar-refractivity contribution in [3.8, 4) is 11.6 Å². The minimum Gasteiger partial charge on any atom is -0.461 e. The molecule has 2 heterocycles. The number of hydrogen-bond donors (Lipinski definition) is 2. The smallest absolute Gasteiger partial charge is 0.222 e. The lowest BCUT2D eigenvalue weighted by Gasteiger charge is -2.10. The molecule has 0 aliphatic heterocycles. The maximum Gasteiger partial charge on any atom is 0.222 e. The first-order chi connectivity index (χ1) is 13.8. The van der Waals surface area contributed by atoms with Crippen LogP contribution in [-0.4, -0.2) is 22.4 Å². The van der Waals surface area contributed by atoms with Crippen LogP contribution < -0.4 is 10.6 Å². The summed E-state index contributed by atoms with van der Waals surface area (Å²) < 4.78 is 5.42. The van der Waals surface area contributed by atoms with Crippen molar-refractivity contribution < 1.29 is 9.21 Å². The molecule has 0 aliphatic rings. The highest BCUT2D eigenvalue weighted by Gasteiger charge is 2.11. The Labute approximate surface area is 162 Å². The molecule has 0 radical (unpaired) electrons.